The molecule has 21 heavy (non-hydrogen) atoms. The maximum absolute atomic E-state index is 5.69. The third-order valence-electron chi connectivity index (χ3n) is 3.84. The SMILES string of the molecule is CC(C)CCNc1ncnc2c1ncn2CC1CCCO1. The summed E-state index contributed by atoms with van der Waals surface area (Å²) in [4.78, 5) is 13.2. The second kappa shape index (κ2) is 6.39. The third-order valence-corrected chi connectivity index (χ3v) is 3.84. The maximum atomic E-state index is 5.69. The molecule has 1 saturated heterocycles. The molecule has 1 atom stereocenters. The van der Waals surface area contributed by atoms with Crippen molar-refractivity contribution in [3.05, 3.63) is 12.7 Å². The molecule has 0 amide bonds. The molecule has 0 aliphatic carbocycles. The first-order valence-electron chi connectivity index (χ1n) is 7.75. The van der Waals surface area contributed by atoms with E-state index < -0.39 is 0 Å². The summed E-state index contributed by atoms with van der Waals surface area (Å²) < 4.78 is 7.76. The average molecular weight is 289 g/mol. The van der Waals surface area contributed by atoms with Crippen LogP contribution in [0.4, 0.5) is 5.82 Å². The van der Waals surface area contributed by atoms with Gasteiger partial charge in [0.05, 0.1) is 19.0 Å². The minimum Gasteiger partial charge on any atom is -0.376 e. The zero-order chi connectivity index (χ0) is 14.7. The minimum atomic E-state index is 0.287. The molecule has 2 aromatic heterocycles. The van der Waals surface area contributed by atoms with Gasteiger partial charge in [0, 0.05) is 13.2 Å². The summed E-state index contributed by atoms with van der Waals surface area (Å²) in [7, 11) is 0. The Morgan fingerprint density at radius 1 is 1.38 bits per heavy atom. The third kappa shape index (κ3) is 3.32. The number of imidazole rings is 1. The van der Waals surface area contributed by atoms with Gasteiger partial charge in [0.15, 0.2) is 11.5 Å². The van der Waals surface area contributed by atoms with Crippen molar-refractivity contribution in [3.8, 4) is 0 Å². The number of fused-ring (bicyclic) bond motifs is 1. The van der Waals surface area contributed by atoms with E-state index in [9.17, 15) is 0 Å². The van der Waals surface area contributed by atoms with Gasteiger partial charge in [0.25, 0.3) is 0 Å². The molecule has 3 rings (SSSR count). The molecule has 1 aliphatic heterocycles. The lowest BCUT2D eigenvalue weighted by Crippen LogP contribution is -2.14. The highest BCUT2D eigenvalue weighted by atomic mass is 16.5. The molecule has 1 aliphatic rings. The number of nitrogens with zero attached hydrogens (tertiary/aromatic N) is 4. The zero-order valence-corrected chi connectivity index (χ0v) is 12.7. The molecule has 0 spiro atoms. The predicted molar refractivity (Wildman–Crippen MR) is 82.2 cm³/mol. The Kier molecular flexibility index (Phi) is 4.34. The van der Waals surface area contributed by atoms with E-state index in [-0.39, 0.29) is 6.10 Å². The first-order chi connectivity index (χ1) is 10.2. The smallest absolute Gasteiger partial charge is 0.165 e. The molecule has 0 saturated carbocycles. The van der Waals surface area contributed by atoms with Crippen LogP contribution in [0.5, 0.6) is 0 Å². The van der Waals surface area contributed by atoms with Crippen LogP contribution in [-0.4, -0.2) is 38.8 Å². The molecule has 1 N–H and O–H groups in total. The highest BCUT2D eigenvalue weighted by molar-refractivity contribution is 5.82. The number of hydrogen-bond acceptors (Lipinski definition) is 5. The highest BCUT2D eigenvalue weighted by Gasteiger charge is 2.18. The lowest BCUT2D eigenvalue weighted by molar-refractivity contribution is 0.0978. The van der Waals surface area contributed by atoms with Gasteiger partial charge in [-0.3, -0.25) is 0 Å². The molecule has 0 bridgehead atoms. The van der Waals surface area contributed by atoms with Gasteiger partial charge >= 0.3 is 0 Å². The first kappa shape index (κ1) is 14.3. The predicted octanol–water partition coefficient (Wildman–Crippen LogP) is 2.46. The number of hydrogen-bond donors (Lipinski definition) is 1. The van der Waals surface area contributed by atoms with Gasteiger partial charge < -0.3 is 14.6 Å². The van der Waals surface area contributed by atoms with Crippen molar-refractivity contribution in [1.82, 2.24) is 19.5 Å². The zero-order valence-electron chi connectivity index (χ0n) is 12.7. The number of anilines is 1. The quantitative estimate of drug-likeness (QED) is 0.885. The van der Waals surface area contributed by atoms with Crippen LogP contribution in [0.15, 0.2) is 12.7 Å². The molecule has 6 heteroatoms. The van der Waals surface area contributed by atoms with E-state index in [2.05, 4.69) is 38.7 Å². The van der Waals surface area contributed by atoms with Crippen LogP contribution in [0, 0.1) is 5.92 Å². The molecule has 1 fully saturated rings. The van der Waals surface area contributed by atoms with E-state index in [4.69, 9.17) is 4.74 Å². The standard InChI is InChI=1S/C15H23N5O/c1-11(2)5-6-16-14-13-15(18-9-17-14)20(10-19-13)8-12-4-3-7-21-12/h9-12H,3-8H2,1-2H3,(H,16,17,18). The lowest BCUT2D eigenvalue weighted by Gasteiger charge is -2.11. The van der Waals surface area contributed by atoms with Gasteiger partial charge in [-0.25, -0.2) is 15.0 Å². The molecule has 0 radical (unpaired) electrons. The van der Waals surface area contributed by atoms with E-state index >= 15 is 0 Å². The van der Waals surface area contributed by atoms with Crippen LogP contribution in [0.3, 0.4) is 0 Å². The fourth-order valence-electron chi connectivity index (χ4n) is 2.63. The van der Waals surface area contributed by atoms with Gasteiger partial charge in [-0.1, -0.05) is 13.8 Å². The fourth-order valence-corrected chi connectivity index (χ4v) is 2.63. The topological polar surface area (TPSA) is 64.9 Å². The van der Waals surface area contributed by atoms with Gasteiger partial charge in [0.2, 0.25) is 0 Å². The lowest BCUT2D eigenvalue weighted by atomic mass is 10.1. The first-order valence-corrected chi connectivity index (χ1v) is 7.75. The fraction of sp³-hybridized carbons (Fsp3) is 0.667. The van der Waals surface area contributed by atoms with Crippen molar-refractivity contribution in [1.29, 1.82) is 0 Å². The second-order valence-electron chi connectivity index (χ2n) is 6.04. The minimum absolute atomic E-state index is 0.287. The van der Waals surface area contributed by atoms with Crippen LogP contribution in [0.1, 0.15) is 33.1 Å². The van der Waals surface area contributed by atoms with Gasteiger partial charge in [-0.05, 0) is 25.2 Å². The maximum Gasteiger partial charge on any atom is 0.165 e. The Labute approximate surface area is 124 Å². The van der Waals surface area contributed by atoms with E-state index in [1.807, 2.05) is 6.33 Å². The van der Waals surface area contributed by atoms with Crippen molar-refractivity contribution in [3.63, 3.8) is 0 Å². The monoisotopic (exact) mass is 289 g/mol. The summed E-state index contributed by atoms with van der Waals surface area (Å²) in [5.74, 6) is 1.50. The summed E-state index contributed by atoms with van der Waals surface area (Å²) in [6.07, 6.45) is 7.11. The Balaban J connectivity index is 1.75. The van der Waals surface area contributed by atoms with Gasteiger partial charge in [-0.2, -0.15) is 0 Å². The molecule has 6 nitrogen and oxygen atoms in total. The summed E-state index contributed by atoms with van der Waals surface area (Å²) in [6.45, 7) is 7.02. The van der Waals surface area contributed by atoms with Crippen molar-refractivity contribution in [2.45, 2.75) is 45.8 Å². The summed E-state index contributed by atoms with van der Waals surface area (Å²) in [5, 5.41) is 3.37. The van der Waals surface area contributed by atoms with Crippen LogP contribution < -0.4 is 5.32 Å². The molecule has 0 aromatic carbocycles. The van der Waals surface area contributed by atoms with Gasteiger partial charge in [-0.15, -0.1) is 0 Å². The largest absolute Gasteiger partial charge is 0.376 e. The Morgan fingerprint density at radius 3 is 3.05 bits per heavy atom. The molecule has 1 unspecified atom stereocenters. The van der Waals surface area contributed by atoms with Crippen molar-refractivity contribution in [2.24, 2.45) is 5.92 Å². The van der Waals surface area contributed by atoms with Crippen LogP contribution in [0.25, 0.3) is 11.2 Å². The van der Waals surface area contributed by atoms with E-state index in [0.717, 1.165) is 55.9 Å². The Morgan fingerprint density at radius 2 is 2.29 bits per heavy atom. The highest BCUT2D eigenvalue weighted by Crippen LogP contribution is 2.20. The van der Waals surface area contributed by atoms with Crippen LogP contribution >= 0.6 is 0 Å². The molecular formula is C15H23N5O. The van der Waals surface area contributed by atoms with E-state index in [1.165, 1.54) is 0 Å². The molecule has 2 aromatic rings. The summed E-state index contributed by atoms with van der Waals surface area (Å²) in [6, 6.07) is 0. The molecule has 3 heterocycles. The molecular weight excluding hydrogens is 266 g/mol. The average Bonchev–Trinajstić information content (AvgIpc) is 3.10. The Hall–Kier alpha value is -1.69. The van der Waals surface area contributed by atoms with Crippen molar-refractivity contribution in [2.75, 3.05) is 18.5 Å². The van der Waals surface area contributed by atoms with E-state index in [1.54, 1.807) is 6.33 Å². The summed E-state index contributed by atoms with van der Waals surface area (Å²) >= 11 is 0. The van der Waals surface area contributed by atoms with Crippen molar-refractivity contribution < 1.29 is 4.74 Å². The van der Waals surface area contributed by atoms with Crippen LogP contribution in [-0.2, 0) is 11.3 Å². The normalized spacial score (nSPS) is 18.7. The van der Waals surface area contributed by atoms with Gasteiger partial charge in [0.1, 0.15) is 11.8 Å². The summed E-state index contributed by atoms with van der Waals surface area (Å²) in [5.41, 5.74) is 1.73. The second-order valence-corrected chi connectivity index (χ2v) is 6.04. The van der Waals surface area contributed by atoms with Crippen molar-refractivity contribution >= 4 is 17.0 Å². The number of aromatic nitrogens is 4. The Bertz CT molecular complexity index is 589. The number of nitrogens with one attached hydrogen (secondary N) is 1. The van der Waals surface area contributed by atoms with Crippen LogP contribution in [0.2, 0.25) is 0 Å². The van der Waals surface area contributed by atoms with E-state index in [0.29, 0.717) is 5.92 Å². The number of ether oxygens (including phenoxy) is 1. The molecule has 114 valence electrons. The number of rotatable bonds is 6.